The topological polar surface area (TPSA) is 62.5 Å². The number of nitrogens with one attached hydrogen (secondary N) is 1. The Balaban J connectivity index is 2.11. The minimum absolute atomic E-state index is 0.0794. The fourth-order valence-corrected chi connectivity index (χ4v) is 3.24. The minimum Gasteiger partial charge on any atom is -0.480 e. The third kappa shape index (κ3) is 2.38. The highest BCUT2D eigenvalue weighted by atomic mass is 79.9. The normalized spacial score (nSPS) is 26.5. The SMILES string of the molecule is O=C(O)C1CCSC(c2occc2Br)N1. The maximum Gasteiger partial charge on any atom is 0.320 e. The molecule has 1 aromatic heterocycles. The Hall–Kier alpha value is -0.460. The summed E-state index contributed by atoms with van der Waals surface area (Å²) in [5.41, 5.74) is 0. The van der Waals surface area contributed by atoms with E-state index in [1.165, 1.54) is 0 Å². The Morgan fingerprint density at radius 1 is 1.73 bits per heavy atom. The third-order valence-electron chi connectivity index (χ3n) is 2.22. The molecule has 0 spiro atoms. The van der Waals surface area contributed by atoms with E-state index in [2.05, 4.69) is 21.2 Å². The highest BCUT2D eigenvalue weighted by molar-refractivity contribution is 9.10. The number of carboxylic acid groups (broad SMARTS) is 1. The van der Waals surface area contributed by atoms with Crippen molar-refractivity contribution in [1.82, 2.24) is 5.32 Å². The van der Waals surface area contributed by atoms with Gasteiger partial charge in [0.2, 0.25) is 0 Å². The van der Waals surface area contributed by atoms with Gasteiger partial charge in [0.05, 0.1) is 10.7 Å². The molecular weight excluding hydrogens is 282 g/mol. The van der Waals surface area contributed by atoms with Gasteiger partial charge in [0.1, 0.15) is 17.2 Å². The molecule has 0 aliphatic carbocycles. The summed E-state index contributed by atoms with van der Waals surface area (Å²) in [6, 6.07) is 1.33. The fraction of sp³-hybridized carbons (Fsp3) is 0.444. The summed E-state index contributed by atoms with van der Waals surface area (Å²) in [7, 11) is 0. The molecule has 0 aromatic carbocycles. The molecule has 1 aliphatic rings. The molecule has 6 heteroatoms. The first kappa shape index (κ1) is 11.0. The molecule has 0 radical (unpaired) electrons. The average Bonchev–Trinajstić information content (AvgIpc) is 2.64. The van der Waals surface area contributed by atoms with Crippen LogP contribution in [0.25, 0.3) is 0 Å². The number of hydrogen-bond donors (Lipinski definition) is 2. The number of hydrogen-bond acceptors (Lipinski definition) is 4. The molecule has 1 saturated heterocycles. The van der Waals surface area contributed by atoms with Crippen molar-refractivity contribution in [3.8, 4) is 0 Å². The van der Waals surface area contributed by atoms with Crippen LogP contribution in [0.2, 0.25) is 0 Å². The van der Waals surface area contributed by atoms with Gasteiger partial charge in [-0.25, -0.2) is 0 Å². The Kier molecular flexibility index (Phi) is 3.38. The van der Waals surface area contributed by atoms with Crippen LogP contribution in [-0.2, 0) is 4.79 Å². The number of carboxylic acids is 1. The number of furan rings is 1. The predicted molar refractivity (Wildman–Crippen MR) is 60.8 cm³/mol. The lowest BCUT2D eigenvalue weighted by atomic mass is 10.2. The van der Waals surface area contributed by atoms with Gasteiger partial charge in [0.15, 0.2) is 0 Å². The van der Waals surface area contributed by atoms with E-state index in [1.54, 1.807) is 18.0 Å². The summed E-state index contributed by atoms with van der Waals surface area (Å²) < 4.78 is 6.18. The summed E-state index contributed by atoms with van der Waals surface area (Å²) >= 11 is 5.02. The second kappa shape index (κ2) is 4.59. The molecule has 0 bridgehead atoms. The highest BCUT2D eigenvalue weighted by Gasteiger charge is 2.29. The molecule has 1 fully saturated rings. The first-order valence-corrected chi connectivity index (χ1v) is 6.36. The first-order valence-electron chi connectivity index (χ1n) is 4.52. The molecule has 0 amide bonds. The van der Waals surface area contributed by atoms with Crippen molar-refractivity contribution in [2.75, 3.05) is 5.75 Å². The zero-order valence-electron chi connectivity index (χ0n) is 7.77. The number of carbonyl (C=O) groups is 1. The largest absolute Gasteiger partial charge is 0.480 e. The lowest BCUT2D eigenvalue weighted by molar-refractivity contribution is -0.139. The van der Waals surface area contributed by atoms with E-state index in [0.717, 1.165) is 16.0 Å². The molecule has 0 saturated carbocycles. The molecule has 2 unspecified atom stereocenters. The monoisotopic (exact) mass is 291 g/mol. The first-order chi connectivity index (χ1) is 7.18. The molecule has 2 heterocycles. The second-order valence-electron chi connectivity index (χ2n) is 3.23. The molecule has 1 aliphatic heterocycles. The van der Waals surface area contributed by atoms with Crippen LogP contribution in [0.4, 0.5) is 0 Å². The van der Waals surface area contributed by atoms with Gasteiger partial charge in [-0.15, -0.1) is 11.8 Å². The van der Waals surface area contributed by atoms with Gasteiger partial charge in [0.25, 0.3) is 0 Å². The Labute approximate surface area is 99.5 Å². The second-order valence-corrected chi connectivity index (χ2v) is 5.30. The van der Waals surface area contributed by atoms with Gasteiger partial charge in [0, 0.05) is 0 Å². The molecule has 82 valence electrons. The van der Waals surface area contributed by atoms with Crippen molar-refractivity contribution >= 4 is 33.7 Å². The molecule has 1 aromatic rings. The van der Waals surface area contributed by atoms with Crippen LogP contribution in [0.1, 0.15) is 17.6 Å². The van der Waals surface area contributed by atoms with Gasteiger partial charge in [-0.2, -0.15) is 0 Å². The lowest BCUT2D eigenvalue weighted by Crippen LogP contribution is -2.41. The highest BCUT2D eigenvalue weighted by Crippen LogP contribution is 2.35. The van der Waals surface area contributed by atoms with Gasteiger partial charge in [-0.3, -0.25) is 10.1 Å². The quantitative estimate of drug-likeness (QED) is 0.875. The maximum atomic E-state index is 10.8. The van der Waals surface area contributed by atoms with Crippen molar-refractivity contribution < 1.29 is 14.3 Å². The van der Waals surface area contributed by atoms with E-state index >= 15 is 0 Å². The van der Waals surface area contributed by atoms with E-state index < -0.39 is 12.0 Å². The van der Waals surface area contributed by atoms with E-state index in [1.807, 2.05) is 6.07 Å². The van der Waals surface area contributed by atoms with E-state index in [4.69, 9.17) is 9.52 Å². The third-order valence-corrected chi connectivity index (χ3v) is 4.03. The Bertz CT molecular complexity index is 368. The van der Waals surface area contributed by atoms with Crippen molar-refractivity contribution in [3.63, 3.8) is 0 Å². The summed E-state index contributed by atoms with van der Waals surface area (Å²) in [5, 5.41) is 11.9. The van der Waals surface area contributed by atoms with Crippen LogP contribution in [0.3, 0.4) is 0 Å². The number of aliphatic carboxylic acids is 1. The van der Waals surface area contributed by atoms with Crippen LogP contribution >= 0.6 is 27.7 Å². The van der Waals surface area contributed by atoms with Crippen LogP contribution in [0.15, 0.2) is 21.2 Å². The van der Waals surface area contributed by atoms with Gasteiger partial charge < -0.3 is 9.52 Å². The maximum absolute atomic E-state index is 10.8. The average molecular weight is 292 g/mol. The summed E-state index contributed by atoms with van der Waals surface area (Å²) in [6.07, 6.45) is 2.24. The zero-order valence-corrected chi connectivity index (χ0v) is 10.2. The van der Waals surface area contributed by atoms with Crippen molar-refractivity contribution in [1.29, 1.82) is 0 Å². The van der Waals surface area contributed by atoms with Gasteiger partial charge >= 0.3 is 5.97 Å². The van der Waals surface area contributed by atoms with Gasteiger partial charge in [-0.1, -0.05) is 0 Å². The van der Waals surface area contributed by atoms with Crippen LogP contribution < -0.4 is 5.32 Å². The smallest absolute Gasteiger partial charge is 0.320 e. The Morgan fingerprint density at radius 2 is 2.53 bits per heavy atom. The summed E-state index contributed by atoms with van der Waals surface area (Å²) in [6.45, 7) is 0. The number of halogens is 1. The molecular formula is C9H10BrNO3S. The summed E-state index contributed by atoms with van der Waals surface area (Å²) in [5.74, 6) is 0.774. The van der Waals surface area contributed by atoms with Crippen LogP contribution in [-0.4, -0.2) is 22.9 Å². The van der Waals surface area contributed by atoms with Crippen molar-refractivity contribution in [2.45, 2.75) is 17.8 Å². The standard InChI is InChI=1S/C9H10BrNO3S/c10-5-1-3-14-7(5)8-11-6(9(12)13)2-4-15-8/h1,3,6,8,11H,2,4H2,(H,12,13). The molecule has 4 nitrogen and oxygen atoms in total. The van der Waals surface area contributed by atoms with Crippen LogP contribution in [0.5, 0.6) is 0 Å². The van der Waals surface area contributed by atoms with Crippen molar-refractivity contribution in [2.24, 2.45) is 0 Å². The predicted octanol–water partition coefficient (Wildman–Crippen LogP) is 2.22. The number of rotatable bonds is 2. The zero-order chi connectivity index (χ0) is 10.8. The van der Waals surface area contributed by atoms with E-state index in [-0.39, 0.29) is 5.37 Å². The van der Waals surface area contributed by atoms with E-state index in [0.29, 0.717) is 6.42 Å². The van der Waals surface area contributed by atoms with Crippen molar-refractivity contribution in [3.05, 3.63) is 22.6 Å². The van der Waals surface area contributed by atoms with Crippen LogP contribution in [0, 0.1) is 0 Å². The molecule has 2 N–H and O–H groups in total. The fourth-order valence-electron chi connectivity index (χ4n) is 1.46. The Morgan fingerprint density at radius 3 is 3.13 bits per heavy atom. The molecule has 2 atom stereocenters. The summed E-state index contributed by atoms with van der Waals surface area (Å²) in [4.78, 5) is 10.8. The lowest BCUT2D eigenvalue weighted by Gasteiger charge is -2.26. The minimum atomic E-state index is -0.803. The number of thioether (sulfide) groups is 1. The molecule has 15 heavy (non-hydrogen) atoms. The van der Waals surface area contributed by atoms with Gasteiger partial charge in [-0.05, 0) is 34.2 Å². The molecule has 2 rings (SSSR count). The van der Waals surface area contributed by atoms with E-state index in [9.17, 15) is 4.79 Å².